The van der Waals surface area contributed by atoms with Crippen molar-refractivity contribution in [3.05, 3.63) is 59.7 Å². The summed E-state index contributed by atoms with van der Waals surface area (Å²) in [7, 11) is 0. The maximum absolute atomic E-state index is 6.21. The minimum absolute atomic E-state index is 0.0180. The van der Waals surface area contributed by atoms with E-state index in [4.69, 9.17) is 5.73 Å². The smallest absolute Gasteiger partial charge is 0.145 e. The molecular weight excluding hydrogens is 234 g/mol. The highest BCUT2D eigenvalue weighted by Crippen LogP contribution is 2.21. The van der Waals surface area contributed by atoms with E-state index in [2.05, 4.69) is 42.9 Å². The van der Waals surface area contributed by atoms with E-state index in [-0.39, 0.29) is 11.5 Å². The number of hydrogen-bond acceptors (Lipinski definition) is 3. The van der Waals surface area contributed by atoms with Crippen molar-refractivity contribution in [3.8, 4) is 0 Å². The Labute approximate surface area is 114 Å². The van der Waals surface area contributed by atoms with Crippen LogP contribution in [-0.2, 0) is 11.8 Å². The van der Waals surface area contributed by atoms with E-state index in [1.54, 1.807) is 6.20 Å². The molecule has 1 aromatic carbocycles. The number of rotatable bonds is 3. The molecule has 0 saturated carbocycles. The molecule has 0 spiro atoms. The minimum Gasteiger partial charge on any atom is -0.321 e. The lowest BCUT2D eigenvalue weighted by Gasteiger charge is -2.19. The monoisotopic (exact) mass is 255 g/mol. The summed E-state index contributed by atoms with van der Waals surface area (Å²) in [6.45, 7) is 6.42. The summed E-state index contributed by atoms with van der Waals surface area (Å²) in [6.07, 6.45) is 2.56. The van der Waals surface area contributed by atoms with Crippen LogP contribution >= 0.6 is 0 Å². The lowest BCUT2D eigenvalue weighted by molar-refractivity contribution is 0.552. The standard InChI is InChI=1S/C16H21N3/c1-16(2,3)14-9-10-18-15(19-14)13(17)11-12-7-5-4-6-8-12/h4-10,13H,11,17H2,1-3H3. The number of nitrogens with zero attached hydrogens (tertiary/aromatic N) is 2. The lowest BCUT2D eigenvalue weighted by Crippen LogP contribution is -2.20. The molecule has 0 aliphatic rings. The van der Waals surface area contributed by atoms with E-state index >= 15 is 0 Å². The highest BCUT2D eigenvalue weighted by Gasteiger charge is 2.18. The molecule has 1 heterocycles. The lowest BCUT2D eigenvalue weighted by atomic mass is 9.92. The third-order valence-electron chi connectivity index (χ3n) is 3.07. The van der Waals surface area contributed by atoms with Crippen molar-refractivity contribution in [1.82, 2.24) is 9.97 Å². The van der Waals surface area contributed by atoms with Gasteiger partial charge in [0.05, 0.1) is 6.04 Å². The Bertz CT molecular complexity index is 529. The second-order valence-corrected chi connectivity index (χ2v) is 5.85. The van der Waals surface area contributed by atoms with Crippen LogP contribution in [0.5, 0.6) is 0 Å². The molecule has 0 saturated heterocycles. The fourth-order valence-electron chi connectivity index (χ4n) is 1.93. The molecule has 100 valence electrons. The van der Waals surface area contributed by atoms with Crippen molar-refractivity contribution >= 4 is 0 Å². The zero-order valence-electron chi connectivity index (χ0n) is 11.8. The molecule has 2 N–H and O–H groups in total. The summed E-state index contributed by atoms with van der Waals surface area (Å²) < 4.78 is 0. The number of hydrogen-bond donors (Lipinski definition) is 1. The molecule has 1 aromatic heterocycles. The molecular formula is C16H21N3. The Balaban J connectivity index is 2.18. The SMILES string of the molecule is CC(C)(C)c1ccnc(C(N)Cc2ccccc2)n1. The quantitative estimate of drug-likeness (QED) is 0.917. The van der Waals surface area contributed by atoms with Crippen LogP contribution in [0.3, 0.4) is 0 Å². The first-order valence-electron chi connectivity index (χ1n) is 6.60. The summed E-state index contributed by atoms with van der Waals surface area (Å²) in [5, 5.41) is 0. The summed E-state index contributed by atoms with van der Waals surface area (Å²) in [4.78, 5) is 8.92. The highest BCUT2D eigenvalue weighted by atomic mass is 14.9. The van der Waals surface area contributed by atoms with Crippen LogP contribution in [0.15, 0.2) is 42.6 Å². The third-order valence-corrected chi connectivity index (χ3v) is 3.07. The molecule has 2 rings (SSSR count). The van der Waals surface area contributed by atoms with E-state index in [1.165, 1.54) is 5.56 Å². The normalized spacial score (nSPS) is 13.3. The second kappa shape index (κ2) is 5.49. The van der Waals surface area contributed by atoms with Gasteiger partial charge in [-0.1, -0.05) is 51.1 Å². The number of benzene rings is 1. The van der Waals surface area contributed by atoms with Gasteiger partial charge in [0.15, 0.2) is 0 Å². The molecule has 0 fully saturated rings. The van der Waals surface area contributed by atoms with Crippen molar-refractivity contribution in [3.63, 3.8) is 0 Å². The topological polar surface area (TPSA) is 51.8 Å². The Morgan fingerprint density at radius 3 is 2.42 bits per heavy atom. The van der Waals surface area contributed by atoms with Crippen LogP contribution in [0.4, 0.5) is 0 Å². The fourth-order valence-corrected chi connectivity index (χ4v) is 1.93. The number of nitrogens with two attached hydrogens (primary N) is 1. The largest absolute Gasteiger partial charge is 0.321 e. The Kier molecular flexibility index (Phi) is 3.96. The molecule has 3 nitrogen and oxygen atoms in total. The van der Waals surface area contributed by atoms with Gasteiger partial charge in [0.25, 0.3) is 0 Å². The molecule has 19 heavy (non-hydrogen) atoms. The average Bonchev–Trinajstić information content (AvgIpc) is 2.39. The van der Waals surface area contributed by atoms with Gasteiger partial charge in [0, 0.05) is 17.3 Å². The Hall–Kier alpha value is -1.74. The van der Waals surface area contributed by atoms with Crippen molar-refractivity contribution in [1.29, 1.82) is 0 Å². The zero-order chi connectivity index (χ0) is 13.9. The van der Waals surface area contributed by atoms with Crippen molar-refractivity contribution in [2.45, 2.75) is 38.6 Å². The van der Waals surface area contributed by atoms with Gasteiger partial charge >= 0.3 is 0 Å². The average molecular weight is 255 g/mol. The number of aromatic nitrogens is 2. The van der Waals surface area contributed by atoms with Gasteiger partial charge in [0.2, 0.25) is 0 Å². The molecule has 0 aliphatic carbocycles. The van der Waals surface area contributed by atoms with Crippen molar-refractivity contribution < 1.29 is 0 Å². The Morgan fingerprint density at radius 2 is 1.79 bits per heavy atom. The first kappa shape index (κ1) is 13.7. The predicted molar refractivity (Wildman–Crippen MR) is 77.8 cm³/mol. The van der Waals surface area contributed by atoms with Crippen LogP contribution in [0.1, 0.15) is 43.9 Å². The van der Waals surface area contributed by atoms with Crippen LogP contribution in [-0.4, -0.2) is 9.97 Å². The van der Waals surface area contributed by atoms with E-state index in [1.807, 2.05) is 24.3 Å². The first-order valence-corrected chi connectivity index (χ1v) is 6.60. The molecule has 1 atom stereocenters. The Morgan fingerprint density at radius 1 is 1.11 bits per heavy atom. The summed E-state index contributed by atoms with van der Waals surface area (Å²) in [5.41, 5.74) is 8.47. The van der Waals surface area contributed by atoms with Crippen molar-refractivity contribution in [2.75, 3.05) is 0 Å². The third kappa shape index (κ3) is 3.61. The van der Waals surface area contributed by atoms with Crippen molar-refractivity contribution in [2.24, 2.45) is 5.73 Å². The first-order chi connectivity index (χ1) is 8.97. The summed E-state index contributed by atoms with van der Waals surface area (Å²) >= 11 is 0. The molecule has 1 unspecified atom stereocenters. The summed E-state index contributed by atoms with van der Waals surface area (Å²) in [6, 6.07) is 12.0. The molecule has 0 aliphatic heterocycles. The molecule has 0 amide bonds. The van der Waals surface area contributed by atoms with E-state index in [0.717, 1.165) is 17.9 Å². The summed E-state index contributed by atoms with van der Waals surface area (Å²) in [5.74, 6) is 0.719. The highest BCUT2D eigenvalue weighted by molar-refractivity contribution is 5.18. The van der Waals surface area contributed by atoms with Crippen LogP contribution in [0.25, 0.3) is 0 Å². The van der Waals surface area contributed by atoms with Gasteiger partial charge in [-0.3, -0.25) is 0 Å². The molecule has 0 radical (unpaired) electrons. The predicted octanol–water partition coefficient (Wildman–Crippen LogP) is 3.02. The van der Waals surface area contributed by atoms with E-state index < -0.39 is 0 Å². The zero-order valence-corrected chi connectivity index (χ0v) is 11.8. The maximum atomic E-state index is 6.21. The van der Waals surface area contributed by atoms with Gasteiger partial charge in [-0.05, 0) is 18.1 Å². The minimum atomic E-state index is -0.162. The second-order valence-electron chi connectivity index (χ2n) is 5.85. The molecule has 2 aromatic rings. The maximum Gasteiger partial charge on any atom is 0.145 e. The van der Waals surface area contributed by atoms with Gasteiger partial charge < -0.3 is 5.73 Å². The van der Waals surface area contributed by atoms with Crippen LogP contribution in [0, 0.1) is 0 Å². The van der Waals surface area contributed by atoms with Crippen LogP contribution in [0.2, 0.25) is 0 Å². The van der Waals surface area contributed by atoms with Gasteiger partial charge in [-0.2, -0.15) is 0 Å². The van der Waals surface area contributed by atoms with E-state index in [0.29, 0.717) is 0 Å². The molecule has 3 heteroatoms. The van der Waals surface area contributed by atoms with Crippen LogP contribution < -0.4 is 5.73 Å². The van der Waals surface area contributed by atoms with Gasteiger partial charge in [-0.25, -0.2) is 9.97 Å². The molecule has 0 bridgehead atoms. The van der Waals surface area contributed by atoms with E-state index in [9.17, 15) is 0 Å². The fraction of sp³-hybridized carbons (Fsp3) is 0.375. The van der Waals surface area contributed by atoms with Gasteiger partial charge in [0.1, 0.15) is 5.82 Å². The van der Waals surface area contributed by atoms with Gasteiger partial charge in [-0.15, -0.1) is 0 Å².